The molecule has 1 aliphatic heterocycles. The fourth-order valence-electron chi connectivity index (χ4n) is 4.12. The summed E-state index contributed by atoms with van der Waals surface area (Å²) in [6, 6.07) is 19.3. The molecule has 1 saturated heterocycles. The molecule has 34 heavy (non-hydrogen) atoms. The fourth-order valence-corrected chi connectivity index (χ4v) is 5.21. The number of carbonyl (C=O) groups is 2. The number of ketones is 1. The van der Waals surface area contributed by atoms with E-state index in [0.717, 1.165) is 21.3 Å². The molecular weight excluding hydrogens is 448 g/mol. The van der Waals surface area contributed by atoms with Crippen molar-refractivity contribution in [2.75, 3.05) is 12.0 Å². The molecule has 0 saturated carbocycles. The number of nitrogens with zero attached hydrogens (tertiary/aromatic N) is 2. The van der Waals surface area contributed by atoms with Crippen LogP contribution >= 0.6 is 11.3 Å². The van der Waals surface area contributed by atoms with Gasteiger partial charge in [0, 0.05) is 5.56 Å². The van der Waals surface area contributed by atoms with E-state index >= 15 is 0 Å². The number of hydrogen-bond donors (Lipinski definition) is 1. The molecule has 4 aromatic rings. The number of aryl methyl sites for hydroxylation is 2. The third-order valence-corrected chi connectivity index (χ3v) is 6.96. The van der Waals surface area contributed by atoms with Crippen LogP contribution in [0.5, 0.6) is 5.75 Å². The van der Waals surface area contributed by atoms with Gasteiger partial charge in [0.15, 0.2) is 5.13 Å². The number of benzene rings is 3. The smallest absolute Gasteiger partial charge is 0.301 e. The summed E-state index contributed by atoms with van der Waals surface area (Å²) >= 11 is 1.34. The number of ether oxygens (including phenoxy) is 1. The number of thiazole rings is 1. The van der Waals surface area contributed by atoms with Gasteiger partial charge < -0.3 is 9.84 Å². The zero-order chi connectivity index (χ0) is 24.0. The van der Waals surface area contributed by atoms with Crippen molar-refractivity contribution in [2.24, 2.45) is 0 Å². The lowest BCUT2D eigenvalue weighted by molar-refractivity contribution is -0.132. The van der Waals surface area contributed by atoms with E-state index in [9.17, 15) is 14.7 Å². The molecule has 0 spiro atoms. The second-order valence-electron chi connectivity index (χ2n) is 8.28. The highest BCUT2D eigenvalue weighted by atomic mass is 32.1. The van der Waals surface area contributed by atoms with E-state index < -0.39 is 17.7 Å². The molecule has 1 fully saturated rings. The summed E-state index contributed by atoms with van der Waals surface area (Å²) < 4.78 is 6.19. The van der Waals surface area contributed by atoms with Crippen molar-refractivity contribution in [3.63, 3.8) is 0 Å². The lowest BCUT2D eigenvalue weighted by atomic mass is 9.95. The molecule has 170 valence electrons. The number of aromatic nitrogens is 1. The first-order valence-corrected chi connectivity index (χ1v) is 11.6. The van der Waals surface area contributed by atoms with Crippen LogP contribution in [-0.2, 0) is 9.59 Å². The maximum atomic E-state index is 13.3. The number of aliphatic hydroxyl groups excluding tert-OH is 1. The minimum Gasteiger partial charge on any atom is -0.507 e. The average Bonchev–Trinajstić information content (AvgIpc) is 3.37. The average molecular weight is 471 g/mol. The predicted octanol–water partition coefficient (Wildman–Crippen LogP) is 5.55. The summed E-state index contributed by atoms with van der Waals surface area (Å²) in [5.41, 5.74) is 4.03. The quantitative estimate of drug-likeness (QED) is 0.240. The molecule has 5 rings (SSSR count). The fraction of sp³-hybridized carbons (Fsp3) is 0.148. The number of Topliss-reactive ketones (excluding diaryl/α,β-unsaturated/α-hetero) is 1. The van der Waals surface area contributed by atoms with Gasteiger partial charge in [-0.2, -0.15) is 0 Å². The van der Waals surface area contributed by atoms with Crippen LogP contribution in [0.2, 0.25) is 0 Å². The highest BCUT2D eigenvalue weighted by Gasteiger charge is 2.48. The molecular formula is C27H22N2O4S. The zero-order valence-electron chi connectivity index (χ0n) is 18.9. The second-order valence-corrected chi connectivity index (χ2v) is 9.29. The Morgan fingerprint density at radius 3 is 2.32 bits per heavy atom. The summed E-state index contributed by atoms with van der Waals surface area (Å²) in [6.45, 7) is 3.93. The first kappa shape index (κ1) is 21.9. The minimum atomic E-state index is -0.825. The summed E-state index contributed by atoms with van der Waals surface area (Å²) in [5, 5.41) is 11.6. The van der Waals surface area contributed by atoms with Crippen molar-refractivity contribution in [3.8, 4) is 5.75 Å². The number of rotatable bonds is 4. The second kappa shape index (κ2) is 8.43. The molecule has 0 bridgehead atoms. The number of fused-ring (bicyclic) bond motifs is 1. The van der Waals surface area contributed by atoms with Gasteiger partial charge >= 0.3 is 5.91 Å². The van der Waals surface area contributed by atoms with Crippen LogP contribution in [0.3, 0.4) is 0 Å². The van der Waals surface area contributed by atoms with E-state index in [1.807, 2.05) is 44.2 Å². The van der Waals surface area contributed by atoms with Gasteiger partial charge in [0.1, 0.15) is 11.5 Å². The Kier molecular flexibility index (Phi) is 5.42. The third-order valence-electron chi connectivity index (χ3n) is 5.94. The molecule has 6 nitrogen and oxygen atoms in total. The van der Waals surface area contributed by atoms with Crippen LogP contribution in [0.1, 0.15) is 28.3 Å². The minimum absolute atomic E-state index is 0.0365. The lowest BCUT2D eigenvalue weighted by Gasteiger charge is -2.23. The summed E-state index contributed by atoms with van der Waals surface area (Å²) in [5.74, 6) is -1.02. The van der Waals surface area contributed by atoms with Crippen LogP contribution < -0.4 is 9.64 Å². The number of anilines is 1. The molecule has 0 unspecified atom stereocenters. The van der Waals surface area contributed by atoms with Crippen molar-refractivity contribution < 1.29 is 19.4 Å². The van der Waals surface area contributed by atoms with Crippen LogP contribution in [0.15, 0.2) is 72.3 Å². The van der Waals surface area contributed by atoms with Gasteiger partial charge in [-0.1, -0.05) is 59.4 Å². The Morgan fingerprint density at radius 2 is 1.65 bits per heavy atom. The Bertz CT molecular complexity index is 1450. The molecule has 1 aliphatic rings. The molecule has 1 N–H and O–H groups in total. The van der Waals surface area contributed by atoms with Gasteiger partial charge in [-0.05, 0) is 49.2 Å². The van der Waals surface area contributed by atoms with Crippen LogP contribution in [0.25, 0.3) is 16.0 Å². The summed E-state index contributed by atoms with van der Waals surface area (Å²) in [6.07, 6.45) is 0. The maximum absolute atomic E-state index is 13.3. The highest BCUT2D eigenvalue weighted by Crippen LogP contribution is 2.44. The topological polar surface area (TPSA) is 79.7 Å². The molecule has 0 aliphatic carbocycles. The van der Waals surface area contributed by atoms with E-state index in [2.05, 4.69) is 4.98 Å². The van der Waals surface area contributed by atoms with Gasteiger partial charge in [0.25, 0.3) is 5.78 Å². The third kappa shape index (κ3) is 3.64. The van der Waals surface area contributed by atoms with E-state index in [4.69, 9.17) is 4.74 Å². The number of aliphatic hydroxyl groups is 1. The van der Waals surface area contributed by atoms with Crippen LogP contribution in [-0.4, -0.2) is 28.9 Å². The Labute approximate surface area is 200 Å². The molecule has 1 aromatic heterocycles. The largest absolute Gasteiger partial charge is 0.507 e. The number of carbonyl (C=O) groups excluding carboxylic acids is 2. The van der Waals surface area contributed by atoms with Crippen LogP contribution in [0.4, 0.5) is 5.13 Å². The summed E-state index contributed by atoms with van der Waals surface area (Å²) in [4.78, 5) is 32.7. The van der Waals surface area contributed by atoms with E-state index in [-0.39, 0.29) is 11.3 Å². The number of hydrogen-bond acceptors (Lipinski definition) is 6. The lowest BCUT2D eigenvalue weighted by Crippen LogP contribution is -2.29. The zero-order valence-corrected chi connectivity index (χ0v) is 19.7. The SMILES string of the molecule is COc1ccc([C@H]2C(=C(O)c3ccc(C)cc3)C(=O)C(=O)N2c2nc3ccc(C)cc3s2)cc1. The van der Waals surface area contributed by atoms with Crippen molar-refractivity contribution in [1.82, 2.24) is 4.98 Å². The standard InChI is InChI=1S/C27H22N2O4S/c1-15-4-7-18(8-5-15)24(30)22-23(17-9-11-19(33-3)12-10-17)29(26(32)25(22)31)27-28-20-13-6-16(2)14-21(20)34-27/h4-14,23,30H,1-3H3/t23-/m0/s1. The van der Waals surface area contributed by atoms with E-state index in [1.54, 1.807) is 43.5 Å². The van der Waals surface area contributed by atoms with Crippen molar-refractivity contribution in [1.29, 1.82) is 0 Å². The molecule has 3 aromatic carbocycles. The van der Waals surface area contributed by atoms with Gasteiger partial charge in [-0.25, -0.2) is 4.98 Å². The highest BCUT2D eigenvalue weighted by molar-refractivity contribution is 7.22. The first-order valence-electron chi connectivity index (χ1n) is 10.8. The van der Waals surface area contributed by atoms with Gasteiger partial charge in [-0.15, -0.1) is 0 Å². The predicted molar refractivity (Wildman–Crippen MR) is 133 cm³/mol. The Balaban J connectivity index is 1.72. The Morgan fingerprint density at radius 1 is 0.971 bits per heavy atom. The van der Waals surface area contributed by atoms with Gasteiger partial charge in [0.2, 0.25) is 0 Å². The van der Waals surface area contributed by atoms with E-state index in [1.165, 1.54) is 16.2 Å². The molecule has 1 atom stereocenters. The molecule has 0 radical (unpaired) electrons. The Hall–Kier alpha value is -3.97. The number of amides is 1. The maximum Gasteiger partial charge on any atom is 0.301 e. The van der Waals surface area contributed by atoms with Crippen LogP contribution in [0, 0.1) is 13.8 Å². The molecule has 1 amide bonds. The molecule has 7 heteroatoms. The van der Waals surface area contributed by atoms with Crippen molar-refractivity contribution in [3.05, 3.63) is 94.6 Å². The normalized spacial score (nSPS) is 17.5. The van der Waals surface area contributed by atoms with Crippen molar-refractivity contribution in [2.45, 2.75) is 19.9 Å². The van der Waals surface area contributed by atoms with E-state index in [0.29, 0.717) is 22.0 Å². The van der Waals surface area contributed by atoms with Crippen molar-refractivity contribution >= 4 is 44.1 Å². The van der Waals surface area contributed by atoms with Gasteiger partial charge in [-0.3, -0.25) is 14.5 Å². The monoisotopic (exact) mass is 470 g/mol. The number of methoxy groups -OCH3 is 1. The van der Waals surface area contributed by atoms with Gasteiger partial charge in [0.05, 0.1) is 28.9 Å². The first-order chi connectivity index (χ1) is 16.4. The summed E-state index contributed by atoms with van der Waals surface area (Å²) in [7, 11) is 1.57. The molecule has 2 heterocycles.